The number of phenolic OH excluding ortho intramolecular Hbond substituents is 1. The van der Waals surface area contributed by atoms with Gasteiger partial charge in [-0.05, 0) is 23.6 Å². The molecule has 0 unspecified atom stereocenters. The highest BCUT2D eigenvalue weighted by Crippen LogP contribution is 2.35. The Morgan fingerprint density at radius 2 is 1.81 bits per heavy atom. The number of nitrogens with one attached hydrogen (secondary N) is 1. The number of hydrogen-bond acceptors (Lipinski definition) is 5. The first-order valence-electron chi connectivity index (χ1n) is 5.59. The summed E-state index contributed by atoms with van der Waals surface area (Å²) in [6.45, 7) is 0. The van der Waals surface area contributed by atoms with E-state index in [0.29, 0.717) is 11.1 Å². The van der Waals surface area contributed by atoms with Gasteiger partial charge in [0.15, 0.2) is 0 Å². The molecule has 114 valence electrons. The fourth-order valence-electron chi connectivity index (χ4n) is 1.76. The monoisotopic (exact) mass is 333 g/mol. The number of rotatable bonds is 4. The molecule has 5 N–H and O–H groups in total. The predicted molar refractivity (Wildman–Crippen MR) is 76.0 cm³/mol. The molecule has 2 aromatic rings. The first-order valence-corrected chi connectivity index (χ1v) is 8.83. The quantitative estimate of drug-likeness (QED) is 0.416. The second-order valence-electron chi connectivity index (χ2n) is 4.35. The van der Waals surface area contributed by atoms with Gasteiger partial charge in [-0.1, -0.05) is 6.07 Å². The molecule has 0 saturated carbocycles. The van der Waals surface area contributed by atoms with Gasteiger partial charge in [-0.15, -0.1) is 0 Å². The van der Waals surface area contributed by atoms with Crippen molar-refractivity contribution in [3.8, 4) is 5.75 Å². The number of aromatic hydroxyl groups is 1. The van der Waals surface area contributed by atoms with E-state index in [1.165, 1.54) is 24.3 Å². The van der Waals surface area contributed by atoms with Crippen molar-refractivity contribution in [2.24, 2.45) is 0 Å². The van der Waals surface area contributed by atoms with Crippen molar-refractivity contribution in [1.82, 2.24) is 0 Å². The summed E-state index contributed by atoms with van der Waals surface area (Å²) in [6.07, 6.45) is -0.567. The number of benzene rings is 2. The van der Waals surface area contributed by atoms with Crippen molar-refractivity contribution in [1.29, 1.82) is 0 Å². The molecular weight excluding hydrogens is 321 g/mol. The van der Waals surface area contributed by atoms with Gasteiger partial charge in [0.1, 0.15) is 12.0 Å². The molecular formula is C11H12NO7PS. The van der Waals surface area contributed by atoms with Crippen molar-refractivity contribution < 1.29 is 32.4 Å². The number of anilines is 1. The van der Waals surface area contributed by atoms with Gasteiger partial charge in [-0.2, -0.15) is 8.42 Å². The van der Waals surface area contributed by atoms with Gasteiger partial charge in [0.25, 0.3) is 10.1 Å². The van der Waals surface area contributed by atoms with E-state index in [2.05, 4.69) is 5.32 Å². The first kappa shape index (κ1) is 15.7. The molecule has 0 fully saturated rings. The highest BCUT2D eigenvalue weighted by molar-refractivity contribution is 7.85. The van der Waals surface area contributed by atoms with Crippen LogP contribution in [0.2, 0.25) is 0 Å². The zero-order chi connectivity index (χ0) is 15.8. The van der Waals surface area contributed by atoms with E-state index in [4.69, 9.17) is 14.3 Å². The fraction of sp³-hybridized carbons (Fsp3) is 0.0909. The van der Waals surface area contributed by atoms with Crippen molar-refractivity contribution >= 4 is 34.2 Å². The van der Waals surface area contributed by atoms with E-state index >= 15 is 0 Å². The molecule has 0 aromatic heterocycles. The third-order valence-electron chi connectivity index (χ3n) is 2.69. The Bertz CT molecular complexity index is 843. The molecule has 0 saturated heterocycles. The van der Waals surface area contributed by atoms with Crippen LogP contribution < -0.4 is 5.32 Å². The van der Waals surface area contributed by atoms with E-state index in [0.717, 1.165) is 6.07 Å². The molecule has 0 aliphatic rings. The van der Waals surface area contributed by atoms with Gasteiger partial charge < -0.3 is 20.2 Å². The van der Waals surface area contributed by atoms with Gasteiger partial charge in [-0.3, -0.25) is 9.12 Å². The molecule has 10 heteroatoms. The van der Waals surface area contributed by atoms with Crippen LogP contribution in [0, 0.1) is 0 Å². The molecule has 0 aliphatic heterocycles. The zero-order valence-corrected chi connectivity index (χ0v) is 12.2. The second-order valence-corrected chi connectivity index (χ2v) is 7.42. The summed E-state index contributed by atoms with van der Waals surface area (Å²) in [5.41, 5.74) is 0.348. The molecule has 2 aromatic carbocycles. The van der Waals surface area contributed by atoms with Gasteiger partial charge in [-0.25, -0.2) is 0 Å². The van der Waals surface area contributed by atoms with Crippen molar-refractivity contribution in [3.05, 3.63) is 30.3 Å². The molecule has 0 bridgehead atoms. The smallest absolute Gasteiger partial charge is 0.344 e. The van der Waals surface area contributed by atoms with Crippen LogP contribution in [0.5, 0.6) is 5.75 Å². The molecule has 0 radical (unpaired) electrons. The Balaban J connectivity index is 2.45. The number of hydrogen-bond donors (Lipinski definition) is 5. The Hall–Kier alpha value is -1.64. The maximum absolute atomic E-state index is 11.1. The standard InChI is InChI=1S/C11H12NO7PS/c13-11-5-9(21(17,18)19)3-7-1-2-8(4-10(7)11)12-6-20(14,15)16/h1-5,12-13H,6H2,(H2,14,15,16)(H,17,18,19). The zero-order valence-electron chi connectivity index (χ0n) is 10.5. The fourth-order valence-corrected chi connectivity index (χ4v) is 2.69. The van der Waals surface area contributed by atoms with Gasteiger partial charge >= 0.3 is 7.60 Å². The van der Waals surface area contributed by atoms with E-state index in [1.807, 2.05) is 0 Å². The van der Waals surface area contributed by atoms with Crippen LogP contribution in [0.25, 0.3) is 10.8 Å². The summed E-state index contributed by atoms with van der Waals surface area (Å²) >= 11 is 0. The maximum Gasteiger partial charge on any atom is 0.344 e. The molecule has 0 heterocycles. The summed E-state index contributed by atoms with van der Waals surface area (Å²) < 4.78 is 41.8. The second kappa shape index (κ2) is 5.28. The largest absolute Gasteiger partial charge is 0.507 e. The van der Waals surface area contributed by atoms with Gasteiger partial charge in [0.05, 0.1) is 4.90 Å². The van der Waals surface area contributed by atoms with E-state index in [9.17, 15) is 18.1 Å². The molecule has 2 rings (SSSR count). The average molecular weight is 333 g/mol. The van der Waals surface area contributed by atoms with E-state index < -0.39 is 28.9 Å². The van der Waals surface area contributed by atoms with E-state index in [-0.39, 0.29) is 11.1 Å². The summed E-state index contributed by atoms with van der Waals surface area (Å²) in [7, 11) is -8.65. The first-order chi connectivity index (χ1) is 9.56. The van der Waals surface area contributed by atoms with Crippen LogP contribution >= 0.6 is 7.60 Å². The topological polar surface area (TPSA) is 144 Å². The third kappa shape index (κ3) is 3.93. The minimum Gasteiger partial charge on any atom is -0.507 e. The molecule has 21 heavy (non-hydrogen) atoms. The Kier molecular flexibility index (Phi) is 3.96. The lowest BCUT2D eigenvalue weighted by molar-refractivity contribution is 0.375. The van der Waals surface area contributed by atoms with Crippen molar-refractivity contribution in [3.63, 3.8) is 0 Å². The van der Waals surface area contributed by atoms with Crippen LogP contribution in [0.1, 0.15) is 0 Å². The van der Waals surface area contributed by atoms with Crippen LogP contribution in [0.4, 0.5) is 5.69 Å². The van der Waals surface area contributed by atoms with Crippen molar-refractivity contribution in [2.75, 3.05) is 11.6 Å². The highest BCUT2D eigenvalue weighted by Gasteiger charge is 2.15. The van der Waals surface area contributed by atoms with Gasteiger partial charge in [0.2, 0.25) is 0 Å². The Labute approximate surface area is 120 Å². The summed E-state index contributed by atoms with van der Waals surface area (Å²) in [4.78, 5) is 17.1. The van der Waals surface area contributed by atoms with Crippen molar-refractivity contribution in [2.45, 2.75) is 4.90 Å². The number of phenols is 1. The maximum atomic E-state index is 11.1. The Morgan fingerprint density at radius 1 is 1.14 bits per heavy atom. The minimum absolute atomic E-state index is 0.276. The molecule has 8 nitrogen and oxygen atoms in total. The molecule has 0 spiro atoms. The van der Waals surface area contributed by atoms with Crippen LogP contribution in [0.3, 0.4) is 0 Å². The van der Waals surface area contributed by atoms with Crippen LogP contribution in [-0.2, 0) is 14.7 Å². The molecule has 0 aliphatic carbocycles. The molecule has 0 amide bonds. The van der Waals surface area contributed by atoms with E-state index in [1.54, 1.807) is 0 Å². The lowest BCUT2D eigenvalue weighted by atomic mass is 10.1. The SMILES string of the molecule is O=P(O)(O)CNc1ccc2cc(S(=O)(=O)O)cc(O)c2c1. The third-order valence-corrected chi connectivity index (χ3v) is 4.09. The summed E-state index contributed by atoms with van der Waals surface area (Å²) in [6, 6.07) is 6.40. The average Bonchev–Trinajstić information content (AvgIpc) is 2.34. The number of fused-ring (bicyclic) bond motifs is 1. The lowest BCUT2D eigenvalue weighted by Gasteiger charge is -2.10. The summed E-state index contributed by atoms with van der Waals surface area (Å²) in [5, 5.41) is 12.9. The minimum atomic E-state index is -4.44. The normalized spacial score (nSPS) is 12.5. The lowest BCUT2D eigenvalue weighted by Crippen LogP contribution is -2.02. The predicted octanol–water partition coefficient (Wildman–Crippen LogP) is 1.34. The highest BCUT2D eigenvalue weighted by atomic mass is 32.2. The van der Waals surface area contributed by atoms with Crippen LogP contribution in [-0.4, -0.2) is 34.1 Å². The van der Waals surface area contributed by atoms with Gasteiger partial charge in [0, 0.05) is 17.1 Å². The summed E-state index contributed by atoms with van der Waals surface area (Å²) in [5.74, 6) is -0.375. The van der Waals surface area contributed by atoms with Crippen LogP contribution in [0.15, 0.2) is 35.2 Å². The Morgan fingerprint density at radius 3 is 2.38 bits per heavy atom. The molecule has 0 atom stereocenters.